The molecular formula is C31H43N7O3. The fourth-order valence-electron chi connectivity index (χ4n) is 6.53. The number of aliphatic hydroxyl groups excluding tert-OH is 2. The van der Waals surface area contributed by atoms with E-state index in [0.29, 0.717) is 47.0 Å². The largest absolute Gasteiger partial charge is 0.388 e. The first-order chi connectivity index (χ1) is 19.5. The van der Waals surface area contributed by atoms with Gasteiger partial charge in [-0.3, -0.25) is 4.90 Å². The summed E-state index contributed by atoms with van der Waals surface area (Å²) in [7, 11) is 0. The highest BCUT2D eigenvalue weighted by Crippen LogP contribution is 2.40. The summed E-state index contributed by atoms with van der Waals surface area (Å²) in [4.78, 5) is 22.2. The average Bonchev–Trinajstić information content (AvgIpc) is 3.58. The molecule has 1 aliphatic carbocycles. The summed E-state index contributed by atoms with van der Waals surface area (Å²) in [5, 5.41) is 21.9. The van der Waals surface area contributed by atoms with Crippen molar-refractivity contribution in [2.24, 2.45) is 5.92 Å². The van der Waals surface area contributed by atoms with Gasteiger partial charge in [-0.25, -0.2) is 15.0 Å². The molecule has 0 bridgehead atoms. The molecule has 4 atom stereocenters. The summed E-state index contributed by atoms with van der Waals surface area (Å²) in [5.74, 6) is 2.04. The maximum atomic E-state index is 11.0. The highest BCUT2D eigenvalue weighted by atomic mass is 16.5. The summed E-state index contributed by atoms with van der Waals surface area (Å²) in [5.41, 5.74) is 11.4. The van der Waals surface area contributed by atoms with Gasteiger partial charge in [0.2, 0.25) is 0 Å². The summed E-state index contributed by atoms with van der Waals surface area (Å²) in [6.07, 6.45) is 4.16. The zero-order valence-electron chi connectivity index (χ0n) is 24.6. The number of anilines is 1. The number of aliphatic hydroxyl groups is 2. The van der Waals surface area contributed by atoms with Crippen LogP contribution in [0.3, 0.4) is 0 Å². The molecule has 41 heavy (non-hydrogen) atoms. The Hall–Kier alpha value is -3.05. The normalized spacial score (nSPS) is 27.0. The van der Waals surface area contributed by atoms with Crippen LogP contribution in [0.4, 0.5) is 5.82 Å². The maximum absolute atomic E-state index is 11.0. The number of nitrogens with zero attached hydrogens (tertiary/aromatic N) is 4. The van der Waals surface area contributed by atoms with Crippen molar-refractivity contribution in [2.75, 3.05) is 12.3 Å². The first kappa shape index (κ1) is 28.1. The van der Waals surface area contributed by atoms with Crippen LogP contribution in [0.1, 0.15) is 76.9 Å². The molecule has 10 nitrogen and oxygen atoms in total. The number of hydrogen-bond acceptors (Lipinski definition) is 8. The van der Waals surface area contributed by atoms with Crippen LogP contribution < -0.4 is 5.73 Å². The van der Waals surface area contributed by atoms with E-state index in [4.69, 9.17) is 15.5 Å². The summed E-state index contributed by atoms with van der Waals surface area (Å²) in [6, 6.07) is 7.27. The Morgan fingerprint density at radius 2 is 1.93 bits per heavy atom. The highest BCUT2D eigenvalue weighted by molar-refractivity contribution is 5.87. The lowest BCUT2D eigenvalue weighted by atomic mass is 9.76. The van der Waals surface area contributed by atoms with E-state index in [9.17, 15) is 10.2 Å². The Balaban J connectivity index is 1.06. The summed E-state index contributed by atoms with van der Waals surface area (Å²) < 4.78 is 6.29. The van der Waals surface area contributed by atoms with Crippen LogP contribution in [0.5, 0.6) is 0 Å². The van der Waals surface area contributed by atoms with E-state index in [1.54, 1.807) is 6.20 Å². The van der Waals surface area contributed by atoms with E-state index in [0.717, 1.165) is 42.5 Å². The van der Waals surface area contributed by atoms with E-state index in [2.05, 4.69) is 77.7 Å². The smallest absolute Gasteiger partial charge is 0.151 e. The number of aryl methyl sites for hydroxylation is 1. The van der Waals surface area contributed by atoms with Crippen molar-refractivity contribution in [3.63, 3.8) is 0 Å². The van der Waals surface area contributed by atoms with Gasteiger partial charge in [0, 0.05) is 36.8 Å². The summed E-state index contributed by atoms with van der Waals surface area (Å²) in [6.45, 7) is 11.6. The zero-order valence-corrected chi connectivity index (χ0v) is 24.6. The number of fused-ring (bicyclic) bond motifs is 2. The molecule has 4 aromatic rings. The molecule has 6 N–H and O–H groups in total. The van der Waals surface area contributed by atoms with Gasteiger partial charge in [-0.15, -0.1) is 0 Å². The molecular weight excluding hydrogens is 518 g/mol. The van der Waals surface area contributed by atoms with Gasteiger partial charge < -0.3 is 30.7 Å². The molecule has 0 spiro atoms. The van der Waals surface area contributed by atoms with Gasteiger partial charge in [-0.2, -0.15) is 0 Å². The monoisotopic (exact) mass is 561 g/mol. The highest BCUT2D eigenvalue weighted by Gasteiger charge is 2.46. The van der Waals surface area contributed by atoms with E-state index < -0.39 is 24.4 Å². The lowest BCUT2D eigenvalue weighted by molar-refractivity contribution is -0.0433. The van der Waals surface area contributed by atoms with Crippen LogP contribution in [-0.2, 0) is 16.6 Å². The molecule has 6 rings (SSSR count). The third-order valence-electron chi connectivity index (χ3n) is 9.11. The predicted molar refractivity (Wildman–Crippen MR) is 159 cm³/mol. The molecule has 4 unspecified atom stereocenters. The van der Waals surface area contributed by atoms with Crippen LogP contribution in [0.25, 0.3) is 22.1 Å². The standard InChI is InChI=1S/C31H43N7O3/c1-16(2)38(14-23-27(39)28(40)29(41-23)20-13-33-26-25(20)34-15-35-30(26)32)19-10-17(11-19)6-9-24-36-21-8-7-18(31(3,4)5)12-22(21)37-24/h7-8,12-13,15-17,19,23,27-29,33,39-40H,6,9-11,14H2,1-5H3,(H,36,37)(H2,32,34,35). The molecule has 220 valence electrons. The number of nitrogen functional groups attached to an aromatic ring is 1. The number of aromatic amines is 2. The first-order valence-corrected chi connectivity index (χ1v) is 14.8. The predicted octanol–water partition coefficient (Wildman–Crippen LogP) is 4.00. The van der Waals surface area contributed by atoms with Gasteiger partial charge in [-0.1, -0.05) is 26.8 Å². The van der Waals surface area contributed by atoms with Gasteiger partial charge in [0.05, 0.1) is 22.7 Å². The SMILES string of the molecule is CC(C)N(CC1OC(c2c[nH]c3c(N)ncnc23)C(O)C1O)C1CC(CCc2nc3cc(C(C)(C)C)ccc3[nH]2)C1. The van der Waals surface area contributed by atoms with E-state index in [1.165, 1.54) is 11.9 Å². The maximum Gasteiger partial charge on any atom is 0.151 e. The van der Waals surface area contributed by atoms with E-state index in [1.807, 2.05) is 0 Å². The lowest BCUT2D eigenvalue weighted by Crippen LogP contribution is -2.52. The Bertz CT molecular complexity index is 1520. The van der Waals surface area contributed by atoms with Crippen LogP contribution in [0.15, 0.2) is 30.7 Å². The molecule has 1 aromatic carbocycles. The molecule has 2 aliphatic rings. The number of aromatic nitrogens is 5. The van der Waals surface area contributed by atoms with Crippen molar-refractivity contribution in [3.8, 4) is 0 Å². The Morgan fingerprint density at radius 1 is 1.15 bits per heavy atom. The Labute approximate surface area is 240 Å². The van der Waals surface area contributed by atoms with Crippen molar-refractivity contribution in [1.82, 2.24) is 29.8 Å². The second kappa shape index (κ2) is 10.7. The van der Waals surface area contributed by atoms with Crippen molar-refractivity contribution in [2.45, 2.75) is 102 Å². The molecule has 0 amide bonds. The molecule has 4 heterocycles. The van der Waals surface area contributed by atoms with Gasteiger partial charge >= 0.3 is 0 Å². The van der Waals surface area contributed by atoms with Crippen LogP contribution in [0, 0.1) is 5.92 Å². The van der Waals surface area contributed by atoms with E-state index >= 15 is 0 Å². The molecule has 2 fully saturated rings. The molecule has 10 heteroatoms. The van der Waals surface area contributed by atoms with Gasteiger partial charge in [0.25, 0.3) is 0 Å². The van der Waals surface area contributed by atoms with Crippen molar-refractivity contribution >= 4 is 27.9 Å². The van der Waals surface area contributed by atoms with Crippen molar-refractivity contribution in [3.05, 3.63) is 47.7 Å². The fourth-order valence-corrected chi connectivity index (χ4v) is 6.53. The number of rotatable bonds is 8. The minimum atomic E-state index is -1.05. The second-order valence-electron chi connectivity index (χ2n) is 13.3. The van der Waals surface area contributed by atoms with Crippen molar-refractivity contribution < 1.29 is 14.9 Å². The topological polar surface area (TPSA) is 149 Å². The fraction of sp³-hybridized carbons (Fsp3) is 0.581. The lowest BCUT2D eigenvalue weighted by Gasteiger charge is -2.46. The minimum Gasteiger partial charge on any atom is -0.388 e. The first-order valence-electron chi connectivity index (χ1n) is 14.8. The van der Waals surface area contributed by atoms with Crippen LogP contribution >= 0.6 is 0 Å². The number of benzene rings is 1. The number of ether oxygens (including phenoxy) is 1. The second-order valence-corrected chi connectivity index (χ2v) is 13.3. The number of nitrogens with two attached hydrogens (primary N) is 1. The van der Waals surface area contributed by atoms with Crippen LogP contribution in [0.2, 0.25) is 0 Å². The molecule has 1 saturated carbocycles. The van der Waals surface area contributed by atoms with Gasteiger partial charge in [0.15, 0.2) is 5.82 Å². The summed E-state index contributed by atoms with van der Waals surface area (Å²) >= 11 is 0. The van der Waals surface area contributed by atoms with Crippen LogP contribution in [-0.4, -0.2) is 77.0 Å². The number of H-pyrrole nitrogens is 2. The number of nitrogens with one attached hydrogen (secondary N) is 2. The van der Waals surface area contributed by atoms with E-state index in [-0.39, 0.29) is 5.41 Å². The molecule has 0 radical (unpaired) electrons. The third-order valence-corrected chi connectivity index (χ3v) is 9.11. The third kappa shape index (κ3) is 5.34. The van der Waals surface area contributed by atoms with Gasteiger partial charge in [0.1, 0.15) is 36.0 Å². The Morgan fingerprint density at radius 3 is 2.66 bits per heavy atom. The quantitative estimate of drug-likeness (QED) is 0.217. The van der Waals surface area contributed by atoms with Gasteiger partial charge in [-0.05, 0) is 62.1 Å². The molecule has 1 saturated heterocycles. The molecule has 1 aliphatic heterocycles. The number of hydrogen-bond donors (Lipinski definition) is 5. The average molecular weight is 562 g/mol. The zero-order chi connectivity index (χ0) is 29.1. The minimum absolute atomic E-state index is 0.106. The Kier molecular flexibility index (Phi) is 7.30. The molecule has 3 aromatic heterocycles. The van der Waals surface area contributed by atoms with Crippen molar-refractivity contribution in [1.29, 1.82) is 0 Å². The number of imidazole rings is 1.